The lowest BCUT2D eigenvalue weighted by atomic mass is 10.1. The van der Waals surface area contributed by atoms with Crippen molar-refractivity contribution in [2.24, 2.45) is 0 Å². The molecule has 1 aromatic heterocycles. The van der Waals surface area contributed by atoms with Gasteiger partial charge in [0.25, 0.3) is 5.91 Å². The van der Waals surface area contributed by atoms with E-state index in [0.717, 1.165) is 18.2 Å². The van der Waals surface area contributed by atoms with Crippen molar-refractivity contribution >= 4 is 44.2 Å². The number of carbonyl (C=O) groups is 1. The summed E-state index contributed by atoms with van der Waals surface area (Å²) >= 11 is 6.01. The lowest BCUT2D eigenvalue weighted by Gasteiger charge is -2.15. The molecular formula is C20H19ClN2O4S. The molecule has 3 aromatic rings. The highest BCUT2D eigenvalue weighted by molar-refractivity contribution is 7.89. The van der Waals surface area contributed by atoms with E-state index in [1.165, 1.54) is 16.4 Å². The number of amides is 1. The van der Waals surface area contributed by atoms with Gasteiger partial charge in [-0.15, -0.1) is 0 Å². The molecule has 1 N–H and O–H groups in total. The molecule has 28 heavy (non-hydrogen) atoms. The monoisotopic (exact) mass is 418 g/mol. The highest BCUT2D eigenvalue weighted by Crippen LogP contribution is 2.29. The van der Waals surface area contributed by atoms with E-state index in [0.29, 0.717) is 34.9 Å². The average Bonchev–Trinajstić information content (AvgIpc) is 3.32. The maximum Gasteiger partial charge on any atom is 0.291 e. The number of aryl methyl sites for hydroxylation is 1. The van der Waals surface area contributed by atoms with E-state index in [4.69, 9.17) is 16.0 Å². The number of fused-ring (bicyclic) bond motifs is 1. The number of benzene rings is 2. The molecule has 0 aliphatic carbocycles. The molecule has 0 bridgehead atoms. The molecule has 1 fully saturated rings. The van der Waals surface area contributed by atoms with Crippen molar-refractivity contribution in [3.63, 3.8) is 0 Å². The quantitative estimate of drug-likeness (QED) is 0.679. The summed E-state index contributed by atoms with van der Waals surface area (Å²) < 4.78 is 32.3. The van der Waals surface area contributed by atoms with Crippen molar-refractivity contribution in [3.8, 4) is 0 Å². The molecule has 1 saturated heterocycles. The van der Waals surface area contributed by atoms with Crippen molar-refractivity contribution in [1.29, 1.82) is 0 Å². The Balaban J connectivity index is 1.55. The molecule has 146 valence electrons. The van der Waals surface area contributed by atoms with Crippen LogP contribution in [0.4, 0.5) is 5.69 Å². The fourth-order valence-electron chi connectivity index (χ4n) is 3.39. The zero-order chi connectivity index (χ0) is 19.9. The zero-order valence-electron chi connectivity index (χ0n) is 15.2. The minimum Gasteiger partial charge on any atom is -0.451 e. The van der Waals surface area contributed by atoms with Crippen LogP contribution in [0.5, 0.6) is 0 Å². The van der Waals surface area contributed by atoms with Crippen LogP contribution in [-0.2, 0) is 10.0 Å². The van der Waals surface area contributed by atoms with Gasteiger partial charge in [-0.05, 0) is 62.2 Å². The first kappa shape index (κ1) is 19.0. The van der Waals surface area contributed by atoms with Crippen LogP contribution < -0.4 is 5.32 Å². The minimum atomic E-state index is -3.47. The van der Waals surface area contributed by atoms with Crippen LogP contribution >= 0.6 is 11.6 Å². The highest BCUT2D eigenvalue weighted by atomic mass is 35.5. The van der Waals surface area contributed by atoms with Gasteiger partial charge in [-0.2, -0.15) is 4.31 Å². The molecule has 4 rings (SSSR count). The van der Waals surface area contributed by atoms with E-state index >= 15 is 0 Å². The van der Waals surface area contributed by atoms with Crippen molar-refractivity contribution < 1.29 is 17.6 Å². The predicted octanol–water partition coefficient (Wildman–Crippen LogP) is 4.43. The third-order valence-corrected chi connectivity index (χ3v) is 7.07. The van der Waals surface area contributed by atoms with Gasteiger partial charge in [-0.25, -0.2) is 8.42 Å². The second-order valence-corrected chi connectivity index (χ2v) is 9.16. The summed E-state index contributed by atoms with van der Waals surface area (Å²) in [7, 11) is -3.47. The number of furan rings is 1. The Kier molecular flexibility index (Phi) is 4.91. The fraction of sp³-hybridized carbons (Fsp3) is 0.250. The summed E-state index contributed by atoms with van der Waals surface area (Å²) in [5, 5.41) is 4.10. The van der Waals surface area contributed by atoms with Crippen molar-refractivity contribution in [3.05, 3.63) is 58.8 Å². The number of anilines is 1. The molecule has 6 nitrogen and oxygen atoms in total. The molecule has 1 aliphatic heterocycles. The Bertz CT molecular complexity index is 1150. The molecule has 0 atom stereocenters. The summed E-state index contributed by atoms with van der Waals surface area (Å²) in [6, 6.07) is 11.4. The standard InChI is InChI=1S/C20H19ClN2O4S/c1-13-17-12-14(21)4-9-18(17)27-19(13)20(24)22-15-5-7-16(8-6-15)28(25,26)23-10-2-3-11-23/h4-9,12H,2-3,10-11H2,1H3,(H,22,24). The van der Waals surface area contributed by atoms with E-state index in [-0.39, 0.29) is 10.7 Å². The number of nitrogens with one attached hydrogen (secondary N) is 1. The van der Waals surface area contributed by atoms with Gasteiger partial charge in [0.05, 0.1) is 4.90 Å². The molecule has 2 heterocycles. The van der Waals surface area contributed by atoms with E-state index in [1.807, 2.05) is 0 Å². The van der Waals surface area contributed by atoms with Crippen LogP contribution in [0, 0.1) is 6.92 Å². The number of nitrogens with zero attached hydrogens (tertiary/aromatic N) is 1. The van der Waals surface area contributed by atoms with Crippen LogP contribution in [0.2, 0.25) is 5.02 Å². The fourth-order valence-corrected chi connectivity index (χ4v) is 5.07. The summed E-state index contributed by atoms with van der Waals surface area (Å²) in [4.78, 5) is 12.8. The maximum absolute atomic E-state index is 12.6. The van der Waals surface area contributed by atoms with Crippen molar-refractivity contribution in [1.82, 2.24) is 4.31 Å². The number of hydrogen-bond donors (Lipinski definition) is 1. The SMILES string of the molecule is Cc1c(C(=O)Nc2ccc(S(=O)(=O)N3CCCC3)cc2)oc2ccc(Cl)cc12. The van der Waals surface area contributed by atoms with Crippen LogP contribution in [0.1, 0.15) is 29.0 Å². The van der Waals surface area contributed by atoms with Gasteiger partial charge in [0, 0.05) is 34.7 Å². The van der Waals surface area contributed by atoms with E-state index in [9.17, 15) is 13.2 Å². The van der Waals surface area contributed by atoms with Gasteiger partial charge in [-0.3, -0.25) is 4.79 Å². The predicted molar refractivity (Wildman–Crippen MR) is 108 cm³/mol. The summed E-state index contributed by atoms with van der Waals surface area (Å²) in [5.41, 5.74) is 1.77. The van der Waals surface area contributed by atoms with E-state index in [2.05, 4.69) is 5.32 Å². The van der Waals surface area contributed by atoms with Crippen molar-refractivity contribution in [2.45, 2.75) is 24.7 Å². The number of hydrogen-bond acceptors (Lipinski definition) is 4. The first-order valence-corrected chi connectivity index (χ1v) is 10.8. The van der Waals surface area contributed by atoms with Gasteiger partial charge in [0.15, 0.2) is 5.76 Å². The van der Waals surface area contributed by atoms with Crippen LogP contribution in [0.15, 0.2) is 51.8 Å². The third-order valence-electron chi connectivity index (χ3n) is 4.92. The molecule has 0 radical (unpaired) electrons. The number of rotatable bonds is 4. The second kappa shape index (κ2) is 7.24. The molecule has 2 aromatic carbocycles. The Labute approximate surface area is 168 Å². The molecule has 1 amide bonds. The van der Waals surface area contributed by atoms with Crippen LogP contribution in [0.3, 0.4) is 0 Å². The summed E-state index contributed by atoms with van der Waals surface area (Å²) in [5.74, 6) is -0.203. The summed E-state index contributed by atoms with van der Waals surface area (Å²) in [6.45, 7) is 2.90. The molecule has 0 saturated carbocycles. The largest absolute Gasteiger partial charge is 0.451 e. The zero-order valence-corrected chi connectivity index (χ0v) is 16.8. The average molecular weight is 419 g/mol. The number of sulfonamides is 1. The molecule has 0 spiro atoms. The molecular weight excluding hydrogens is 400 g/mol. The van der Waals surface area contributed by atoms with E-state index in [1.54, 1.807) is 37.3 Å². The van der Waals surface area contributed by atoms with Crippen LogP contribution in [-0.4, -0.2) is 31.7 Å². The van der Waals surface area contributed by atoms with Crippen molar-refractivity contribution in [2.75, 3.05) is 18.4 Å². The number of carbonyl (C=O) groups excluding carboxylic acids is 1. The Hall–Kier alpha value is -2.35. The van der Waals surface area contributed by atoms with Gasteiger partial charge >= 0.3 is 0 Å². The first-order valence-electron chi connectivity index (χ1n) is 8.96. The smallest absolute Gasteiger partial charge is 0.291 e. The second-order valence-electron chi connectivity index (χ2n) is 6.79. The lowest BCUT2D eigenvalue weighted by molar-refractivity contribution is 0.0998. The highest BCUT2D eigenvalue weighted by Gasteiger charge is 2.27. The van der Waals surface area contributed by atoms with Gasteiger partial charge in [-0.1, -0.05) is 11.6 Å². The van der Waals surface area contributed by atoms with Gasteiger partial charge in [0.1, 0.15) is 5.58 Å². The normalized spacial score (nSPS) is 15.2. The molecule has 0 unspecified atom stereocenters. The minimum absolute atomic E-state index is 0.200. The maximum atomic E-state index is 12.6. The number of halogens is 1. The molecule has 8 heteroatoms. The first-order chi connectivity index (χ1) is 13.4. The topological polar surface area (TPSA) is 79.6 Å². The summed E-state index contributed by atoms with van der Waals surface area (Å²) in [6.07, 6.45) is 1.77. The Morgan fingerprint density at radius 1 is 1.11 bits per heavy atom. The van der Waals surface area contributed by atoms with Gasteiger partial charge < -0.3 is 9.73 Å². The Morgan fingerprint density at radius 3 is 2.46 bits per heavy atom. The third kappa shape index (κ3) is 3.41. The van der Waals surface area contributed by atoms with Crippen LogP contribution in [0.25, 0.3) is 11.0 Å². The van der Waals surface area contributed by atoms with E-state index < -0.39 is 15.9 Å². The molecule has 1 aliphatic rings. The Morgan fingerprint density at radius 2 is 1.79 bits per heavy atom. The lowest BCUT2D eigenvalue weighted by Crippen LogP contribution is -2.27. The van der Waals surface area contributed by atoms with Gasteiger partial charge in [0.2, 0.25) is 10.0 Å².